The van der Waals surface area contributed by atoms with Crippen LogP contribution in [0.1, 0.15) is 33.6 Å². The van der Waals surface area contributed by atoms with Gasteiger partial charge in [-0.2, -0.15) is 0 Å². The molecule has 1 aliphatic heterocycles. The van der Waals surface area contributed by atoms with Gasteiger partial charge in [-0.25, -0.2) is 13.2 Å². The topological polar surface area (TPSA) is 104 Å². The second-order valence-electron chi connectivity index (χ2n) is 5.97. The molecule has 1 fully saturated rings. The fourth-order valence-electron chi connectivity index (χ4n) is 2.13. The van der Waals surface area contributed by atoms with Crippen molar-refractivity contribution >= 4 is 21.8 Å². The number of sulfone groups is 1. The molecule has 0 aromatic rings. The third-order valence-corrected chi connectivity index (χ3v) is 5.57. The van der Waals surface area contributed by atoms with Gasteiger partial charge in [0.1, 0.15) is 6.54 Å². The van der Waals surface area contributed by atoms with Gasteiger partial charge in [-0.1, -0.05) is 0 Å². The monoisotopic (exact) mass is 306 g/mol. The molecule has 1 aliphatic rings. The molecular formula is C12H22N2O5S. The van der Waals surface area contributed by atoms with Gasteiger partial charge in [0.15, 0.2) is 9.84 Å². The highest BCUT2D eigenvalue weighted by molar-refractivity contribution is 7.92. The molecule has 0 bridgehead atoms. The largest absolute Gasteiger partial charge is 0.480 e. The lowest BCUT2D eigenvalue weighted by molar-refractivity contribution is -0.138. The molecule has 1 heterocycles. The highest BCUT2D eigenvalue weighted by Crippen LogP contribution is 2.19. The number of amides is 2. The summed E-state index contributed by atoms with van der Waals surface area (Å²) in [6.07, 6.45) is 1.15. The zero-order valence-corrected chi connectivity index (χ0v) is 12.9. The fraction of sp³-hybridized carbons (Fsp3) is 0.833. The zero-order chi connectivity index (χ0) is 15.6. The molecule has 0 radical (unpaired) electrons. The Morgan fingerprint density at radius 1 is 1.35 bits per heavy atom. The van der Waals surface area contributed by atoms with E-state index >= 15 is 0 Å². The minimum atomic E-state index is -3.12. The molecule has 116 valence electrons. The van der Waals surface area contributed by atoms with E-state index in [0.29, 0.717) is 12.8 Å². The predicted octanol–water partition coefficient (Wildman–Crippen LogP) is 0.458. The Bertz CT molecular complexity index is 481. The van der Waals surface area contributed by atoms with Crippen molar-refractivity contribution in [3.8, 4) is 0 Å². The number of carbonyl (C=O) groups excluding carboxylic acids is 1. The van der Waals surface area contributed by atoms with E-state index in [1.54, 1.807) is 20.8 Å². The Kier molecular flexibility index (Phi) is 5.01. The van der Waals surface area contributed by atoms with Crippen LogP contribution in [0.25, 0.3) is 0 Å². The van der Waals surface area contributed by atoms with E-state index in [4.69, 9.17) is 5.11 Å². The number of aliphatic carboxylic acids is 1. The summed E-state index contributed by atoms with van der Waals surface area (Å²) in [4.78, 5) is 24.0. The normalized spacial score (nSPS) is 21.4. The van der Waals surface area contributed by atoms with Crippen LogP contribution >= 0.6 is 0 Å². The van der Waals surface area contributed by atoms with Crippen molar-refractivity contribution in [2.75, 3.05) is 18.8 Å². The average Bonchev–Trinajstić information content (AvgIpc) is 2.60. The molecule has 0 aromatic heterocycles. The van der Waals surface area contributed by atoms with E-state index in [0.717, 1.165) is 0 Å². The predicted molar refractivity (Wildman–Crippen MR) is 74.3 cm³/mol. The first-order valence-electron chi connectivity index (χ1n) is 6.53. The molecule has 2 amide bonds. The van der Waals surface area contributed by atoms with E-state index in [1.165, 1.54) is 4.90 Å². The van der Waals surface area contributed by atoms with Crippen molar-refractivity contribution in [1.82, 2.24) is 10.2 Å². The first-order valence-corrected chi connectivity index (χ1v) is 8.24. The van der Waals surface area contributed by atoms with Gasteiger partial charge >= 0.3 is 12.0 Å². The molecule has 1 atom stereocenters. The van der Waals surface area contributed by atoms with Crippen LogP contribution in [0.5, 0.6) is 0 Å². The van der Waals surface area contributed by atoms with E-state index in [2.05, 4.69) is 5.32 Å². The first kappa shape index (κ1) is 16.7. The third kappa shape index (κ3) is 4.36. The van der Waals surface area contributed by atoms with Crippen LogP contribution in [0.3, 0.4) is 0 Å². The standard InChI is InChI=1S/C12H22N2O5S/c1-12(2,3)14(8-10(15)16)11(17)13-7-9-5-4-6-20(9,18)19/h9H,4-8H2,1-3H3,(H,13,17)(H,15,16). The van der Waals surface area contributed by atoms with Crippen molar-refractivity contribution in [2.24, 2.45) is 0 Å². The summed E-state index contributed by atoms with van der Waals surface area (Å²) in [5.74, 6) is -0.949. The maximum absolute atomic E-state index is 12.0. The summed E-state index contributed by atoms with van der Waals surface area (Å²) < 4.78 is 23.3. The smallest absolute Gasteiger partial charge is 0.323 e. The SMILES string of the molecule is CC(C)(C)N(CC(=O)O)C(=O)NCC1CCCS1(=O)=O. The maximum atomic E-state index is 12.0. The molecule has 7 nitrogen and oxygen atoms in total. The Balaban J connectivity index is 2.65. The lowest BCUT2D eigenvalue weighted by Crippen LogP contribution is -2.53. The molecule has 1 saturated heterocycles. The summed E-state index contributed by atoms with van der Waals surface area (Å²) in [5.41, 5.74) is -0.656. The highest BCUT2D eigenvalue weighted by Gasteiger charge is 2.33. The highest BCUT2D eigenvalue weighted by atomic mass is 32.2. The van der Waals surface area contributed by atoms with Crippen molar-refractivity contribution in [3.63, 3.8) is 0 Å². The van der Waals surface area contributed by atoms with Crippen molar-refractivity contribution in [2.45, 2.75) is 44.4 Å². The van der Waals surface area contributed by atoms with Gasteiger partial charge in [0.25, 0.3) is 0 Å². The third-order valence-electron chi connectivity index (χ3n) is 3.29. The summed E-state index contributed by atoms with van der Waals surface area (Å²) in [6, 6.07) is -0.554. The molecule has 0 aromatic carbocycles. The van der Waals surface area contributed by atoms with Gasteiger partial charge in [-0.05, 0) is 33.6 Å². The number of carboxylic acids is 1. The minimum Gasteiger partial charge on any atom is -0.480 e. The number of carbonyl (C=O) groups is 2. The number of nitrogens with one attached hydrogen (secondary N) is 1. The molecule has 20 heavy (non-hydrogen) atoms. The van der Waals surface area contributed by atoms with Crippen LogP contribution < -0.4 is 5.32 Å². The van der Waals surface area contributed by atoms with Crippen LogP contribution in [-0.4, -0.2) is 60.1 Å². The lowest BCUT2D eigenvalue weighted by Gasteiger charge is -2.34. The van der Waals surface area contributed by atoms with Crippen LogP contribution in [0, 0.1) is 0 Å². The molecule has 1 rings (SSSR count). The lowest BCUT2D eigenvalue weighted by atomic mass is 10.1. The second-order valence-corrected chi connectivity index (χ2v) is 8.37. The number of carboxylic acid groups (broad SMARTS) is 1. The fourth-order valence-corrected chi connectivity index (χ4v) is 3.90. The number of nitrogens with zero attached hydrogens (tertiary/aromatic N) is 1. The Morgan fingerprint density at radius 2 is 1.95 bits per heavy atom. The number of urea groups is 1. The Morgan fingerprint density at radius 3 is 2.35 bits per heavy atom. The second kappa shape index (κ2) is 5.99. The quantitative estimate of drug-likeness (QED) is 0.785. The molecular weight excluding hydrogens is 284 g/mol. The summed E-state index contributed by atoms with van der Waals surface area (Å²) in [7, 11) is -3.12. The van der Waals surface area contributed by atoms with E-state index in [1.807, 2.05) is 0 Å². The molecule has 2 N–H and O–H groups in total. The summed E-state index contributed by atoms with van der Waals surface area (Å²) >= 11 is 0. The minimum absolute atomic E-state index is 0.0351. The van der Waals surface area contributed by atoms with Crippen LogP contribution in [-0.2, 0) is 14.6 Å². The molecule has 0 saturated carbocycles. The van der Waals surface area contributed by atoms with Crippen molar-refractivity contribution in [1.29, 1.82) is 0 Å². The Labute approximate surface area is 119 Å². The van der Waals surface area contributed by atoms with Crippen molar-refractivity contribution < 1.29 is 23.1 Å². The summed E-state index contributed by atoms with van der Waals surface area (Å²) in [6.45, 7) is 4.78. The molecule has 1 unspecified atom stereocenters. The molecule has 8 heteroatoms. The molecule has 0 spiro atoms. The van der Waals surface area contributed by atoms with E-state index in [9.17, 15) is 18.0 Å². The van der Waals surface area contributed by atoms with Gasteiger partial charge in [-0.3, -0.25) is 4.79 Å². The van der Waals surface area contributed by atoms with Crippen LogP contribution in [0.4, 0.5) is 4.79 Å². The molecule has 0 aliphatic carbocycles. The van der Waals surface area contributed by atoms with Gasteiger partial charge in [0.2, 0.25) is 0 Å². The van der Waals surface area contributed by atoms with E-state index < -0.39 is 39.2 Å². The van der Waals surface area contributed by atoms with Gasteiger partial charge < -0.3 is 15.3 Å². The van der Waals surface area contributed by atoms with E-state index in [-0.39, 0.29) is 12.3 Å². The Hall–Kier alpha value is -1.31. The first-order chi connectivity index (χ1) is 9.04. The maximum Gasteiger partial charge on any atom is 0.323 e. The van der Waals surface area contributed by atoms with Crippen LogP contribution in [0.15, 0.2) is 0 Å². The van der Waals surface area contributed by atoms with Gasteiger partial charge in [0, 0.05) is 12.1 Å². The van der Waals surface area contributed by atoms with Gasteiger partial charge in [0.05, 0.1) is 11.0 Å². The average molecular weight is 306 g/mol. The number of hydrogen-bond acceptors (Lipinski definition) is 4. The number of hydrogen-bond donors (Lipinski definition) is 2. The summed E-state index contributed by atoms with van der Waals surface area (Å²) in [5, 5.41) is 10.8. The zero-order valence-electron chi connectivity index (χ0n) is 12.0. The number of rotatable bonds is 4. The van der Waals surface area contributed by atoms with Gasteiger partial charge in [-0.15, -0.1) is 0 Å². The van der Waals surface area contributed by atoms with Crippen LogP contribution in [0.2, 0.25) is 0 Å². The van der Waals surface area contributed by atoms with Crippen molar-refractivity contribution in [3.05, 3.63) is 0 Å².